The van der Waals surface area contributed by atoms with Gasteiger partial charge in [0, 0.05) is 6.42 Å². The Morgan fingerprint density at radius 1 is 0.727 bits per heavy atom. The van der Waals surface area contributed by atoms with Gasteiger partial charge in [-0.05, 0) is 19.3 Å². The first-order valence-corrected chi connectivity index (χ1v) is 23.4. The maximum atomic E-state index is 13.0. The van der Waals surface area contributed by atoms with Crippen molar-refractivity contribution in [2.24, 2.45) is 0 Å². The van der Waals surface area contributed by atoms with E-state index >= 15 is 0 Å². The Labute approximate surface area is 334 Å². The van der Waals surface area contributed by atoms with Gasteiger partial charge in [0.25, 0.3) is 0 Å². The largest absolute Gasteiger partial charge is 0.726 e. The Balaban J connectivity index is 2.55. The topological polar surface area (TPSA) is 195 Å². The van der Waals surface area contributed by atoms with Crippen LogP contribution < -0.4 is 5.32 Å². The Bertz CT molecular complexity index is 1050. The molecule has 0 saturated carbocycles. The van der Waals surface area contributed by atoms with E-state index in [0.29, 0.717) is 6.42 Å². The number of aliphatic hydroxyl groups is 4. The second-order valence-corrected chi connectivity index (χ2v) is 16.6. The van der Waals surface area contributed by atoms with Gasteiger partial charge in [-0.1, -0.05) is 180 Å². The zero-order valence-corrected chi connectivity index (χ0v) is 35.3. The highest BCUT2D eigenvalue weighted by molar-refractivity contribution is 7.80. The number of unbranched alkanes of at least 4 members (excludes halogenated alkanes) is 25. The Hall–Kier alpha value is -1.16. The van der Waals surface area contributed by atoms with Crippen LogP contribution in [0.25, 0.3) is 0 Å². The number of carbonyl (C=O) groups excluding carboxylic acids is 1. The van der Waals surface area contributed by atoms with Crippen LogP contribution in [0.15, 0.2) is 12.2 Å². The van der Waals surface area contributed by atoms with Crippen molar-refractivity contribution < 1.29 is 51.8 Å². The summed E-state index contributed by atoms with van der Waals surface area (Å²) in [6, 6.07) is -0.949. The number of rotatable bonds is 37. The van der Waals surface area contributed by atoms with Crippen LogP contribution >= 0.6 is 0 Å². The maximum Gasteiger partial charge on any atom is 0.220 e. The van der Waals surface area contributed by atoms with Crippen molar-refractivity contribution >= 4 is 16.3 Å². The summed E-state index contributed by atoms with van der Waals surface area (Å²) in [6.07, 6.45) is 26.5. The normalized spacial score (nSPS) is 21.6. The van der Waals surface area contributed by atoms with Crippen LogP contribution in [0.5, 0.6) is 0 Å². The molecule has 1 aliphatic rings. The summed E-state index contributed by atoms with van der Waals surface area (Å²) in [5.41, 5.74) is 0. The molecule has 55 heavy (non-hydrogen) atoms. The molecular formula is C42H80NO11S-. The lowest BCUT2D eigenvalue weighted by atomic mass is 9.99. The van der Waals surface area contributed by atoms with Gasteiger partial charge in [-0.15, -0.1) is 0 Å². The van der Waals surface area contributed by atoms with Gasteiger partial charge < -0.3 is 39.8 Å². The van der Waals surface area contributed by atoms with Gasteiger partial charge in [0.15, 0.2) is 6.29 Å². The fourth-order valence-electron chi connectivity index (χ4n) is 7.10. The number of nitrogens with one attached hydrogen (secondary N) is 1. The highest BCUT2D eigenvalue weighted by Gasteiger charge is 2.47. The van der Waals surface area contributed by atoms with Crippen molar-refractivity contribution in [2.75, 3.05) is 13.2 Å². The molecule has 0 aromatic carbocycles. The van der Waals surface area contributed by atoms with E-state index in [1.807, 2.05) is 6.08 Å². The summed E-state index contributed by atoms with van der Waals surface area (Å²) in [4.78, 5) is 13.0. The van der Waals surface area contributed by atoms with E-state index in [1.165, 1.54) is 128 Å². The monoisotopic (exact) mass is 807 g/mol. The summed E-state index contributed by atoms with van der Waals surface area (Å²) in [5, 5.41) is 44.5. The molecule has 12 nitrogen and oxygen atoms in total. The third-order valence-corrected chi connectivity index (χ3v) is 11.0. The average Bonchev–Trinajstić information content (AvgIpc) is 3.15. The van der Waals surface area contributed by atoms with E-state index in [9.17, 15) is 38.2 Å². The Kier molecular flexibility index (Phi) is 31.8. The summed E-state index contributed by atoms with van der Waals surface area (Å²) < 4.78 is 49.2. The maximum absolute atomic E-state index is 13.0. The van der Waals surface area contributed by atoms with Crippen molar-refractivity contribution in [2.45, 2.75) is 236 Å². The number of aliphatic hydroxyl groups excluding tert-OH is 4. The lowest BCUT2D eigenvalue weighted by Crippen LogP contribution is -2.61. The van der Waals surface area contributed by atoms with Crippen molar-refractivity contribution in [1.29, 1.82) is 0 Å². The van der Waals surface area contributed by atoms with E-state index in [1.54, 1.807) is 6.08 Å². The summed E-state index contributed by atoms with van der Waals surface area (Å²) >= 11 is 0. The minimum atomic E-state index is -5.33. The molecule has 0 radical (unpaired) electrons. The predicted molar refractivity (Wildman–Crippen MR) is 216 cm³/mol. The Morgan fingerprint density at radius 3 is 1.60 bits per heavy atom. The molecular weight excluding hydrogens is 727 g/mol. The summed E-state index contributed by atoms with van der Waals surface area (Å²) in [7, 11) is -5.33. The van der Waals surface area contributed by atoms with E-state index in [0.717, 1.165) is 38.5 Å². The molecule has 0 unspecified atom stereocenters. The molecule has 13 heteroatoms. The molecule has 5 N–H and O–H groups in total. The number of allylic oxidation sites excluding steroid dienone is 1. The van der Waals surface area contributed by atoms with Gasteiger partial charge >= 0.3 is 0 Å². The van der Waals surface area contributed by atoms with Gasteiger partial charge in [0.05, 0.1) is 25.4 Å². The van der Waals surface area contributed by atoms with Crippen LogP contribution in [0.1, 0.15) is 194 Å². The molecule has 0 aromatic rings. The molecule has 0 aliphatic carbocycles. The fourth-order valence-corrected chi connectivity index (χ4v) is 7.60. The smallest absolute Gasteiger partial charge is 0.220 e. The van der Waals surface area contributed by atoms with Crippen LogP contribution in [0.4, 0.5) is 0 Å². The van der Waals surface area contributed by atoms with Gasteiger partial charge in [-0.25, -0.2) is 8.42 Å². The SMILES string of the molecule is CCCCCCCCCCCCC/C=C/[C@@H](O)[C@H](CO[C@@H]1O[C@H](CO)[C@H](O)[C@H](OS(=O)(=O)[O-])[C@H]1O)NC(=O)CCCCCCCCCCCCCCCCC. The lowest BCUT2D eigenvalue weighted by molar-refractivity contribution is -0.298. The second kappa shape index (κ2) is 33.8. The third kappa shape index (κ3) is 27.2. The van der Waals surface area contributed by atoms with E-state index in [4.69, 9.17) is 9.47 Å². The predicted octanol–water partition coefficient (Wildman–Crippen LogP) is 7.65. The zero-order chi connectivity index (χ0) is 40.6. The molecule has 1 aliphatic heterocycles. The second-order valence-electron chi connectivity index (χ2n) is 15.6. The van der Waals surface area contributed by atoms with Crippen LogP contribution in [0.2, 0.25) is 0 Å². The molecule has 1 fully saturated rings. The Morgan fingerprint density at radius 2 is 1.16 bits per heavy atom. The first-order chi connectivity index (χ1) is 26.5. The molecule has 0 aromatic heterocycles. The first kappa shape index (κ1) is 51.9. The number of ether oxygens (including phenoxy) is 2. The lowest BCUT2D eigenvalue weighted by Gasteiger charge is -2.42. The molecule has 0 spiro atoms. The van der Waals surface area contributed by atoms with E-state index < -0.39 is 59.9 Å². The molecule has 1 heterocycles. The van der Waals surface area contributed by atoms with Crippen molar-refractivity contribution in [3.63, 3.8) is 0 Å². The number of hydrogen-bond donors (Lipinski definition) is 5. The highest BCUT2D eigenvalue weighted by atomic mass is 32.3. The zero-order valence-electron chi connectivity index (χ0n) is 34.5. The number of amides is 1. The fraction of sp³-hybridized carbons (Fsp3) is 0.929. The van der Waals surface area contributed by atoms with Gasteiger partial charge in [0.1, 0.15) is 24.4 Å². The molecule has 1 rings (SSSR count). The molecule has 7 atom stereocenters. The van der Waals surface area contributed by atoms with Gasteiger partial charge in [0.2, 0.25) is 16.3 Å². The van der Waals surface area contributed by atoms with Crippen LogP contribution in [-0.4, -0.2) is 95.4 Å². The number of carbonyl (C=O) groups is 1. The first-order valence-electron chi connectivity index (χ1n) is 22.1. The average molecular weight is 807 g/mol. The molecule has 0 bridgehead atoms. The molecule has 326 valence electrons. The summed E-state index contributed by atoms with van der Waals surface area (Å²) in [5.74, 6) is -0.270. The van der Waals surface area contributed by atoms with Crippen molar-refractivity contribution in [1.82, 2.24) is 5.32 Å². The number of hydrogen-bond acceptors (Lipinski definition) is 11. The minimum Gasteiger partial charge on any atom is -0.726 e. The van der Waals surface area contributed by atoms with Crippen LogP contribution in [0, 0.1) is 0 Å². The van der Waals surface area contributed by atoms with Crippen LogP contribution in [0.3, 0.4) is 0 Å². The summed E-state index contributed by atoms with van der Waals surface area (Å²) in [6.45, 7) is 3.34. The van der Waals surface area contributed by atoms with E-state index in [2.05, 4.69) is 23.3 Å². The highest BCUT2D eigenvalue weighted by Crippen LogP contribution is 2.26. The quantitative estimate of drug-likeness (QED) is 0.0179. The van der Waals surface area contributed by atoms with Crippen molar-refractivity contribution in [3.05, 3.63) is 12.2 Å². The third-order valence-electron chi connectivity index (χ3n) is 10.6. The van der Waals surface area contributed by atoms with Crippen LogP contribution in [-0.2, 0) is 28.9 Å². The van der Waals surface area contributed by atoms with E-state index in [-0.39, 0.29) is 18.9 Å². The molecule has 1 saturated heterocycles. The van der Waals surface area contributed by atoms with Gasteiger partial charge in [-0.2, -0.15) is 0 Å². The van der Waals surface area contributed by atoms with Crippen molar-refractivity contribution in [3.8, 4) is 0 Å². The van der Waals surface area contributed by atoms with Gasteiger partial charge in [-0.3, -0.25) is 8.98 Å². The minimum absolute atomic E-state index is 0.266. The molecule has 1 amide bonds. The standard InChI is InChI=1S/C42H81NO11S/c1-3-5-7-9-11-13-15-17-18-20-22-24-26-28-30-32-38(46)43-35(36(45)31-29-27-25-23-21-19-16-14-12-10-8-6-4-2)34-52-42-40(48)41(54-55(49,50)51)39(47)37(33-44)53-42/h29,31,35-37,39-42,44-45,47-48H,3-28,30,32-34H2,1-2H3,(H,43,46)(H,49,50,51)/p-1/b31-29+/t35-,36+,37+,39-,40+,41-,42+/m0/s1.